The Hall–Kier alpha value is -0.110. The largest absolute Gasteiger partial charge is 0.364 e. The van der Waals surface area contributed by atoms with Crippen LogP contribution in [0.5, 0.6) is 0 Å². The molecule has 1 rings (SSSR count). The van der Waals surface area contributed by atoms with Crippen molar-refractivity contribution < 1.29 is 0 Å². The second-order valence-corrected chi connectivity index (χ2v) is 3.96. The van der Waals surface area contributed by atoms with E-state index < -0.39 is 0 Å². The molecule has 0 atom stereocenters. The van der Waals surface area contributed by atoms with Gasteiger partial charge in [-0.05, 0) is 33.1 Å². The Balaban J connectivity index is 2.52. The zero-order valence-corrected chi connectivity index (χ0v) is 8.28. The van der Waals surface area contributed by atoms with E-state index in [0.29, 0.717) is 6.04 Å². The second kappa shape index (κ2) is 4.05. The van der Waals surface area contributed by atoms with Crippen molar-refractivity contribution in [3.63, 3.8) is 0 Å². The van der Waals surface area contributed by atoms with Crippen LogP contribution >= 0.6 is 12.2 Å². The van der Waals surface area contributed by atoms with Gasteiger partial charge in [0.15, 0.2) is 0 Å². The summed E-state index contributed by atoms with van der Waals surface area (Å²) in [4.78, 5) is 3.54. The molecule has 0 aromatic carbocycles. The maximum atomic E-state index is 5.32. The van der Waals surface area contributed by atoms with E-state index in [1.54, 1.807) is 0 Å². The SMILES string of the molecule is CC(C)N1CCCCCC1=S. The highest BCUT2D eigenvalue weighted by atomic mass is 32.1. The molecular formula is C9H17NS. The van der Waals surface area contributed by atoms with Crippen LogP contribution in [-0.4, -0.2) is 22.5 Å². The highest BCUT2D eigenvalue weighted by Gasteiger charge is 2.14. The van der Waals surface area contributed by atoms with Crippen LogP contribution in [0.15, 0.2) is 0 Å². The lowest BCUT2D eigenvalue weighted by Gasteiger charge is -2.27. The van der Waals surface area contributed by atoms with E-state index in [2.05, 4.69) is 18.7 Å². The Morgan fingerprint density at radius 1 is 1.27 bits per heavy atom. The molecule has 0 unspecified atom stereocenters. The third-order valence-corrected chi connectivity index (χ3v) is 2.67. The Bertz CT molecular complexity index is 142. The van der Waals surface area contributed by atoms with Crippen LogP contribution < -0.4 is 0 Å². The van der Waals surface area contributed by atoms with Crippen LogP contribution in [-0.2, 0) is 0 Å². The first-order valence-electron chi connectivity index (χ1n) is 4.51. The first-order chi connectivity index (χ1) is 5.22. The summed E-state index contributed by atoms with van der Waals surface area (Å²) >= 11 is 5.32. The summed E-state index contributed by atoms with van der Waals surface area (Å²) in [5.74, 6) is 0. The van der Waals surface area contributed by atoms with E-state index in [1.165, 1.54) is 30.8 Å². The molecule has 1 fully saturated rings. The number of hydrogen-bond donors (Lipinski definition) is 0. The Labute approximate surface area is 74.8 Å². The molecule has 0 radical (unpaired) electrons. The molecule has 0 bridgehead atoms. The van der Waals surface area contributed by atoms with Crippen LogP contribution in [0, 0.1) is 0 Å². The summed E-state index contributed by atoms with van der Waals surface area (Å²) in [6.45, 7) is 5.62. The molecule has 0 aromatic rings. The lowest BCUT2D eigenvalue weighted by Crippen LogP contribution is -2.35. The monoisotopic (exact) mass is 171 g/mol. The molecule has 1 nitrogen and oxygen atoms in total. The molecular weight excluding hydrogens is 154 g/mol. The zero-order valence-electron chi connectivity index (χ0n) is 7.47. The predicted octanol–water partition coefficient (Wildman–Crippen LogP) is 2.60. The van der Waals surface area contributed by atoms with Gasteiger partial charge in [-0.15, -0.1) is 0 Å². The van der Waals surface area contributed by atoms with E-state index in [0.717, 1.165) is 6.42 Å². The fourth-order valence-electron chi connectivity index (χ4n) is 1.55. The van der Waals surface area contributed by atoms with Gasteiger partial charge in [0.05, 0.1) is 4.99 Å². The molecule has 0 amide bonds. The van der Waals surface area contributed by atoms with Gasteiger partial charge in [-0.2, -0.15) is 0 Å². The molecule has 1 aliphatic heterocycles. The number of thiocarbonyl (C=S) groups is 1. The number of hydrogen-bond acceptors (Lipinski definition) is 1. The van der Waals surface area contributed by atoms with Crippen LogP contribution in [0.2, 0.25) is 0 Å². The minimum Gasteiger partial charge on any atom is -0.364 e. The summed E-state index contributed by atoms with van der Waals surface area (Å²) in [6.07, 6.45) is 5.09. The normalized spacial score (nSPS) is 20.6. The van der Waals surface area contributed by atoms with Gasteiger partial charge in [0.2, 0.25) is 0 Å². The fourth-order valence-corrected chi connectivity index (χ4v) is 2.00. The first-order valence-corrected chi connectivity index (χ1v) is 4.92. The smallest absolute Gasteiger partial charge is 0.0781 e. The summed E-state index contributed by atoms with van der Waals surface area (Å²) in [6, 6.07) is 0.598. The van der Waals surface area contributed by atoms with Gasteiger partial charge in [0.25, 0.3) is 0 Å². The molecule has 1 saturated heterocycles. The van der Waals surface area contributed by atoms with Gasteiger partial charge in [-0.25, -0.2) is 0 Å². The summed E-state index contributed by atoms with van der Waals surface area (Å²) in [5, 5.41) is 0. The highest BCUT2D eigenvalue weighted by molar-refractivity contribution is 7.80. The zero-order chi connectivity index (χ0) is 8.27. The van der Waals surface area contributed by atoms with Crippen LogP contribution in [0.3, 0.4) is 0 Å². The van der Waals surface area contributed by atoms with Crippen molar-refractivity contribution in [2.75, 3.05) is 6.54 Å². The van der Waals surface area contributed by atoms with Crippen LogP contribution in [0.25, 0.3) is 0 Å². The quantitative estimate of drug-likeness (QED) is 0.558. The second-order valence-electron chi connectivity index (χ2n) is 3.49. The third kappa shape index (κ3) is 2.44. The Morgan fingerprint density at radius 3 is 2.64 bits per heavy atom. The van der Waals surface area contributed by atoms with Gasteiger partial charge < -0.3 is 4.90 Å². The van der Waals surface area contributed by atoms with Gasteiger partial charge in [-0.3, -0.25) is 0 Å². The van der Waals surface area contributed by atoms with Gasteiger partial charge in [0, 0.05) is 12.6 Å². The molecule has 0 saturated carbocycles. The predicted molar refractivity (Wildman–Crippen MR) is 52.9 cm³/mol. The maximum absolute atomic E-state index is 5.32. The Kier molecular flexibility index (Phi) is 3.31. The molecule has 1 heterocycles. The van der Waals surface area contributed by atoms with E-state index in [1.807, 2.05) is 0 Å². The van der Waals surface area contributed by atoms with E-state index in [9.17, 15) is 0 Å². The summed E-state index contributed by atoms with van der Waals surface area (Å²) in [7, 11) is 0. The number of rotatable bonds is 1. The number of likely N-dealkylation sites (tertiary alicyclic amines) is 1. The van der Waals surface area contributed by atoms with E-state index in [-0.39, 0.29) is 0 Å². The molecule has 2 heteroatoms. The molecule has 0 spiro atoms. The molecule has 64 valence electrons. The van der Waals surface area contributed by atoms with Crippen molar-refractivity contribution in [2.24, 2.45) is 0 Å². The van der Waals surface area contributed by atoms with Gasteiger partial charge in [-0.1, -0.05) is 18.6 Å². The Morgan fingerprint density at radius 2 is 2.00 bits per heavy atom. The van der Waals surface area contributed by atoms with Crippen molar-refractivity contribution in [1.82, 2.24) is 4.90 Å². The van der Waals surface area contributed by atoms with Crippen molar-refractivity contribution in [1.29, 1.82) is 0 Å². The highest BCUT2D eigenvalue weighted by Crippen LogP contribution is 2.14. The topological polar surface area (TPSA) is 3.24 Å². The van der Waals surface area contributed by atoms with Crippen LogP contribution in [0.4, 0.5) is 0 Å². The molecule has 11 heavy (non-hydrogen) atoms. The minimum atomic E-state index is 0.598. The summed E-state index contributed by atoms with van der Waals surface area (Å²) < 4.78 is 0. The van der Waals surface area contributed by atoms with Crippen molar-refractivity contribution in [3.05, 3.63) is 0 Å². The summed E-state index contributed by atoms with van der Waals surface area (Å²) in [5.41, 5.74) is 0. The van der Waals surface area contributed by atoms with E-state index >= 15 is 0 Å². The van der Waals surface area contributed by atoms with Crippen molar-refractivity contribution in [3.8, 4) is 0 Å². The standard InChI is InChI=1S/C9H17NS/c1-8(2)10-7-5-3-4-6-9(10)11/h8H,3-7H2,1-2H3. The van der Waals surface area contributed by atoms with Crippen molar-refractivity contribution >= 4 is 17.2 Å². The average molecular weight is 171 g/mol. The van der Waals surface area contributed by atoms with Crippen LogP contribution in [0.1, 0.15) is 39.5 Å². The van der Waals surface area contributed by atoms with Gasteiger partial charge >= 0.3 is 0 Å². The minimum absolute atomic E-state index is 0.598. The lowest BCUT2D eigenvalue weighted by molar-refractivity contribution is 0.353. The fraction of sp³-hybridized carbons (Fsp3) is 0.889. The molecule has 1 aliphatic rings. The maximum Gasteiger partial charge on any atom is 0.0781 e. The molecule has 0 aromatic heterocycles. The number of nitrogens with zero attached hydrogens (tertiary/aromatic N) is 1. The first kappa shape index (κ1) is 8.98. The van der Waals surface area contributed by atoms with Gasteiger partial charge in [0.1, 0.15) is 0 Å². The van der Waals surface area contributed by atoms with E-state index in [4.69, 9.17) is 12.2 Å². The average Bonchev–Trinajstić information content (AvgIpc) is 2.13. The lowest BCUT2D eigenvalue weighted by atomic mass is 10.2. The molecule has 0 N–H and O–H groups in total. The van der Waals surface area contributed by atoms with Crippen molar-refractivity contribution in [2.45, 2.75) is 45.6 Å². The molecule has 0 aliphatic carbocycles. The third-order valence-electron chi connectivity index (χ3n) is 2.23.